The summed E-state index contributed by atoms with van der Waals surface area (Å²) in [6, 6.07) is 9.06. The maximum Gasteiger partial charge on any atom is 0.326 e. The number of hydrogen-bond acceptors (Lipinski definition) is 6. The van der Waals surface area contributed by atoms with E-state index in [4.69, 9.17) is 4.74 Å². The van der Waals surface area contributed by atoms with Gasteiger partial charge in [0.15, 0.2) is 4.80 Å². The number of fused-ring (bicyclic) bond motifs is 1. The number of aromatic nitrogens is 1. The summed E-state index contributed by atoms with van der Waals surface area (Å²) in [7, 11) is 0. The van der Waals surface area contributed by atoms with Crippen molar-refractivity contribution in [3.8, 4) is 0 Å². The van der Waals surface area contributed by atoms with Gasteiger partial charge in [0.05, 0.1) is 21.7 Å². The van der Waals surface area contributed by atoms with Gasteiger partial charge in [-0.3, -0.25) is 19.7 Å². The van der Waals surface area contributed by atoms with Crippen LogP contribution in [0.2, 0.25) is 0 Å². The van der Waals surface area contributed by atoms with E-state index in [9.17, 15) is 24.1 Å². The van der Waals surface area contributed by atoms with E-state index in [1.807, 2.05) is 0 Å². The number of carbonyl (C=O) groups is 2. The van der Waals surface area contributed by atoms with Gasteiger partial charge in [-0.2, -0.15) is 4.99 Å². The molecule has 0 bridgehead atoms. The number of carbonyl (C=O) groups excluding carboxylic acids is 2. The summed E-state index contributed by atoms with van der Waals surface area (Å²) < 4.78 is 20.0. The van der Waals surface area contributed by atoms with Crippen molar-refractivity contribution in [3.63, 3.8) is 0 Å². The number of esters is 1. The second kappa shape index (κ2) is 8.09. The lowest BCUT2D eigenvalue weighted by atomic mass is 10.2. The summed E-state index contributed by atoms with van der Waals surface area (Å²) in [5, 5.41) is 11.1. The van der Waals surface area contributed by atoms with Crippen molar-refractivity contribution >= 4 is 39.1 Å². The zero-order valence-corrected chi connectivity index (χ0v) is 15.4. The number of nitro benzene ring substituents is 1. The number of thiazole rings is 1. The second-order valence-electron chi connectivity index (χ2n) is 5.61. The number of amides is 1. The molecule has 0 aliphatic heterocycles. The first-order valence-corrected chi connectivity index (χ1v) is 8.98. The third kappa shape index (κ3) is 4.12. The van der Waals surface area contributed by atoms with Crippen LogP contribution in [0, 0.1) is 15.9 Å². The lowest BCUT2D eigenvalue weighted by Gasteiger charge is -2.05. The van der Waals surface area contributed by atoms with Crippen LogP contribution in [0.1, 0.15) is 17.3 Å². The van der Waals surface area contributed by atoms with Gasteiger partial charge >= 0.3 is 5.97 Å². The summed E-state index contributed by atoms with van der Waals surface area (Å²) >= 11 is 1.10. The SMILES string of the molecule is CCOC(=O)Cn1c(=NC(=O)c2ccc(F)cc2)sc2ccc([N+](=O)[O-])cc21. The molecule has 3 aromatic rings. The third-order valence-corrected chi connectivity index (χ3v) is 4.82. The summed E-state index contributed by atoms with van der Waals surface area (Å²) in [6.45, 7) is 1.57. The first-order chi connectivity index (χ1) is 13.4. The zero-order chi connectivity index (χ0) is 20.3. The van der Waals surface area contributed by atoms with Crippen LogP contribution >= 0.6 is 11.3 Å². The Bertz CT molecular complexity index is 1130. The van der Waals surface area contributed by atoms with Crippen molar-refractivity contribution in [2.45, 2.75) is 13.5 Å². The van der Waals surface area contributed by atoms with Gasteiger partial charge in [-0.05, 0) is 37.3 Å². The highest BCUT2D eigenvalue weighted by atomic mass is 32.1. The van der Waals surface area contributed by atoms with Crippen LogP contribution < -0.4 is 4.80 Å². The molecule has 3 rings (SSSR count). The number of halogens is 1. The summed E-state index contributed by atoms with van der Waals surface area (Å²) in [4.78, 5) is 39.1. The molecule has 0 saturated carbocycles. The molecular weight excluding hydrogens is 389 g/mol. The highest BCUT2D eigenvalue weighted by molar-refractivity contribution is 7.16. The van der Waals surface area contributed by atoms with Gasteiger partial charge < -0.3 is 9.30 Å². The Kier molecular flexibility index (Phi) is 5.59. The van der Waals surface area contributed by atoms with Crippen LogP contribution in [0.5, 0.6) is 0 Å². The van der Waals surface area contributed by atoms with E-state index < -0.39 is 22.6 Å². The maximum atomic E-state index is 13.0. The van der Waals surface area contributed by atoms with Gasteiger partial charge in [-0.1, -0.05) is 11.3 Å². The number of rotatable bonds is 5. The summed E-state index contributed by atoms with van der Waals surface area (Å²) in [5.74, 6) is -1.67. The van der Waals surface area contributed by atoms with Crippen LogP contribution in [0.4, 0.5) is 10.1 Å². The predicted molar refractivity (Wildman–Crippen MR) is 99.4 cm³/mol. The Morgan fingerprint density at radius 1 is 1.25 bits per heavy atom. The molecule has 0 atom stereocenters. The molecule has 0 N–H and O–H groups in total. The van der Waals surface area contributed by atoms with Crippen molar-refractivity contribution < 1.29 is 23.6 Å². The number of non-ortho nitro benzene ring substituents is 1. The molecule has 0 radical (unpaired) electrons. The van der Waals surface area contributed by atoms with Crippen molar-refractivity contribution in [1.29, 1.82) is 0 Å². The van der Waals surface area contributed by atoms with Crippen molar-refractivity contribution in [2.75, 3.05) is 6.61 Å². The first kappa shape index (κ1) is 19.4. The van der Waals surface area contributed by atoms with Gasteiger partial charge in [-0.15, -0.1) is 0 Å². The van der Waals surface area contributed by atoms with E-state index in [1.54, 1.807) is 6.92 Å². The number of benzene rings is 2. The van der Waals surface area contributed by atoms with Gasteiger partial charge in [0.1, 0.15) is 12.4 Å². The van der Waals surface area contributed by atoms with Crippen molar-refractivity contribution in [1.82, 2.24) is 4.57 Å². The minimum atomic E-state index is -0.626. The molecule has 1 heterocycles. The quantitative estimate of drug-likeness (QED) is 0.370. The van der Waals surface area contributed by atoms with Gasteiger partial charge in [0.2, 0.25) is 0 Å². The molecule has 28 heavy (non-hydrogen) atoms. The fourth-order valence-corrected chi connectivity index (χ4v) is 3.50. The summed E-state index contributed by atoms with van der Waals surface area (Å²) in [6.07, 6.45) is 0. The van der Waals surface area contributed by atoms with Gasteiger partial charge in [-0.25, -0.2) is 4.39 Å². The van der Waals surface area contributed by atoms with Crippen LogP contribution in [-0.2, 0) is 16.1 Å². The molecular formula is C18H14FN3O5S. The number of nitrogens with zero attached hydrogens (tertiary/aromatic N) is 3. The lowest BCUT2D eigenvalue weighted by molar-refractivity contribution is -0.384. The van der Waals surface area contributed by atoms with E-state index in [0.717, 1.165) is 23.5 Å². The Labute approximate surface area is 161 Å². The Hall–Kier alpha value is -3.40. The molecule has 1 aromatic heterocycles. The predicted octanol–water partition coefficient (Wildman–Crippen LogP) is 3.05. The van der Waals surface area contributed by atoms with E-state index >= 15 is 0 Å². The summed E-state index contributed by atoms with van der Waals surface area (Å²) in [5.41, 5.74) is 0.407. The fraction of sp³-hybridized carbons (Fsp3) is 0.167. The molecule has 0 aliphatic rings. The van der Waals surface area contributed by atoms with Gasteiger partial charge in [0.25, 0.3) is 11.6 Å². The van der Waals surface area contributed by atoms with Crippen LogP contribution in [0.3, 0.4) is 0 Å². The first-order valence-electron chi connectivity index (χ1n) is 8.17. The maximum absolute atomic E-state index is 13.0. The van der Waals surface area contributed by atoms with Crippen molar-refractivity contribution in [2.24, 2.45) is 4.99 Å². The third-order valence-electron chi connectivity index (χ3n) is 3.76. The molecule has 10 heteroatoms. The standard InChI is InChI=1S/C18H14FN3O5S/c1-2-27-16(23)10-21-14-9-13(22(25)26)7-8-15(14)28-18(21)20-17(24)11-3-5-12(19)6-4-11/h3-9H,2,10H2,1H3. The normalized spacial score (nSPS) is 11.6. The molecule has 0 aliphatic carbocycles. The van der Waals surface area contributed by atoms with Crippen LogP contribution in [0.25, 0.3) is 10.2 Å². The molecule has 0 spiro atoms. The van der Waals surface area contributed by atoms with Crippen LogP contribution in [0.15, 0.2) is 47.5 Å². The van der Waals surface area contributed by atoms with E-state index in [1.165, 1.54) is 34.9 Å². The van der Waals surface area contributed by atoms with E-state index in [-0.39, 0.29) is 29.2 Å². The molecule has 2 aromatic carbocycles. The molecule has 0 unspecified atom stereocenters. The molecule has 0 saturated heterocycles. The number of ether oxygens (including phenoxy) is 1. The number of hydrogen-bond donors (Lipinski definition) is 0. The second-order valence-corrected chi connectivity index (χ2v) is 6.62. The Balaban J connectivity index is 2.14. The minimum absolute atomic E-state index is 0.153. The van der Waals surface area contributed by atoms with E-state index in [0.29, 0.717) is 10.2 Å². The number of nitro groups is 1. The molecule has 144 valence electrons. The monoisotopic (exact) mass is 403 g/mol. The fourth-order valence-electron chi connectivity index (χ4n) is 2.49. The molecule has 8 nitrogen and oxygen atoms in total. The highest BCUT2D eigenvalue weighted by Gasteiger charge is 2.16. The average molecular weight is 403 g/mol. The average Bonchev–Trinajstić information content (AvgIpc) is 2.98. The molecule has 1 amide bonds. The van der Waals surface area contributed by atoms with Gasteiger partial charge in [0, 0.05) is 17.7 Å². The van der Waals surface area contributed by atoms with Crippen molar-refractivity contribution in [3.05, 3.63) is 68.8 Å². The zero-order valence-electron chi connectivity index (χ0n) is 14.6. The largest absolute Gasteiger partial charge is 0.465 e. The highest BCUT2D eigenvalue weighted by Crippen LogP contribution is 2.23. The molecule has 0 fully saturated rings. The Morgan fingerprint density at radius 2 is 1.96 bits per heavy atom. The topological polar surface area (TPSA) is 104 Å². The smallest absolute Gasteiger partial charge is 0.326 e. The minimum Gasteiger partial charge on any atom is -0.465 e. The Morgan fingerprint density at radius 3 is 2.61 bits per heavy atom. The van der Waals surface area contributed by atoms with Crippen LogP contribution in [-0.4, -0.2) is 28.0 Å². The van der Waals surface area contributed by atoms with E-state index in [2.05, 4.69) is 4.99 Å². The lowest BCUT2D eigenvalue weighted by Crippen LogP contribution is -2.23.